The summed E-state index contributed by atoms with van der Waals surface area (Å²) in [6, 6.07) is 3.09. The summed E-state index contributed by atoms with van der Waals surface area (Å²) in [4.78, 5) is -1.37. The Kier molecular flexibility index (Phi) is 6.17. The number of phenolic OH excluding ortho intramolecular Hbond substituents is 2. The average molecular weight is 455 g/mol. The van der Waals surface area contributed by atoms with Crippen molar-refractivity contribution in [1.82, 2.24) is 0 Å². The molecule has 0 unspecified atom stereocenters. The van der Waals surface area contributed by atoms with Crippen molar-refractivity contribution < 1.29 is 44.6 Å². The average Bonchev–Trinajstić information content (AvgIpc) is 2.33. The topological polar surface area (TPSA) is 183 Å². The van der Waals surface area contributed by atoms with Crippen molar-refractivity contribution in [2.24, 2.45) is 0 Å². The molecular formula is C10H8Cl2O10S3. The monoisotopic (exact) mass is 454 g/mol. The summed E-state index contributed by atoms with van der Waals surface area (Å²) in [6.07, 6.45) is 0. The molecule has 0 heterocycles. The molecule has 0 aliphatic carbocycles. The van der Waals surface area contributed by atoms with Crippen LogP contribution in [0.4, 0.5) is 0 Å². The van der Waals surface area contributed by atoms with Gasteiger partial charge in [0.05, 0.1) is 15.2 Å². The summed E-state index contributed by atoms with van der Waals surface area (Å²) in [5.41, 5.74) is 0. The first-order valence-corrected chi connectivity index (χ1v) is 11.6. The summed E-state index contributed by atoms with van der Waals surface area (Å²) < 4.78 is 80.2. The number of halogens is 2. The quantitative estimate of drug-likeness (QED) is 0.382. The molecule has 2 rings (SSSR count). The Balaban J connectivity index is 0.000000550. The molecule has 2 aromatic rings. The smallest absolute Gasteiger partial charge is 0.317 e. The van der Waals surface area contributed by atoms with Gasteiger partial charge in [0, 0.05) is 33.5 Å². The Morgan fingerprint density at radius 1 is 0.680 bits per heavy atom. The molecule has 15 heteroatoms. The van der Waals surface area contributed by atoms with E-state index in [2.05, 4.69) is 21.4 Å². The van der Waals surface area contributed by atoms with E-state index in [-0.39, 0.29) is 10.8 Å². The lowest BCUT2D eigenvalue weighted by Gasteiger charge is -2.08. The molecule has 4 N–H and O–H groups in total. The van der Waals surface area contributed by atoms with E-state index >= 15 is 0 Å². The van der Waals surface area contributed by atoms with Crippen molar-refractivity contribution in [1.29, 1.82) is 0 Å². The van der Waals surface area contributed by atoms with Gasteiger partial charge in [-0.3, -0.25) is 9.11 Å². The van der Waals surface area contributed by atoms with Crippen LogP contribution in [-0.2, 0) is 28.5 Å². The summed E-state index contributed by atoms with van der Waals surface area (Å²) in [5, 5.41) is 18.9. The first kappa shape index (κ1) is 21.7. The molecular weight excluding hydrogens is 447 g/mol. The van der Waals surface area contributed by atoms with E-state index in [1.807, 2.05) is 0 Å². The third-order valence-corrected chi connectivity index (χ3v) is 4.21. The fraction of sp³-hybridized carbons (Fsp3) is 0. The Morgan fingerprint density at radius 3 is 1.20 bits per heavy atom. The second-order valence-corrected chi connectivity index (χ2v) is 10.8. The van der Waals surface area contributed by atoms with Gasteiger partial charge in [0.1, 0.15) is 11.5 Å². The van der Waals surface area contributed by atoms with E-state index in [4.69, 9.17) is 17.5 Å². The maximum Gasteiger partial charge on any atom is 0.317 e. The van der Waals surface area contributed by atoms with Crippen LogP contribution in [0, 0.1) is 0 Å². The number of aromatic hydroxyl groups is 2. The van der Waals surface area contributed by atoms with Crippen LogP contribution in [0.25, 0.3) is 10.8 Å². The van der Waals surface area contributed by atoms with Crippen molar-refractivity contribution in [3.05, 3.63) is 24.3 Å². The number of rotatable bonds is 2. The highest BCUT2D eigenvalue weighted by atomic mass is 36.0. The third kappa shape index (κ3) is 6.47. The zero-order valence-corrected chi connectivity index (χ0v) is 15.5. The molecule has 0 saturated heterocycles. The minimum absolute atomic E-state index is 0.190. The van der Waals surface area contributed by atoms with Gasteiger partial charge in [-0.1, -0.05) is 0 Å². The van der Waals surface area contributed by atoms with Crippen LogP contribution >= 0.6 is 21.4 Å². The minimum atomic E-state index is -4.63. The Bertz CT molecular complexity index is 1060. The fourth-order valence-corrected chi connectivity index (χ4v) is 2.79. The molecule has 0 aliphatic rings. The molecule has 140 valence electrons. The van der Waals surface area contributed by atoms with E-state index < -0.39 is 49.8 Å². The van der Waals surface area contributed by atoms with Crippen LogP contribution in [0.3, 0.4) is 0 Å². The summed E-state index contributed by atoms with van der Waals surface area (Å²) >= 11 is 0. The molecule has 0 bridgehead atoms. The van der Waals surface area contributed by atoms with Gasteiger partial charge in [-0.25, -0.2) is 0 Å². The zero-order valence-electron chi connectivity index (χ0n) is 11.5. The lowest BCUT2D eigenvalue weighted by Crippen LogP contribution is -2.00. The predicted molar refractivity (Wildman–Crippen MR) is 87.5 cm³/mol. The fourth-order valence-electron chi connectivity index (χ4n) is 1.71. The molecule has 0 fully saturated rings. The Labute approximate surface area is 150 Å². The van der Waals surface area contributed by atoms with Gasteiger partial charge in [-0.2, -0.15) is 25.3 Å². The zero-order chi connectivity index (χ0) is 19.8. The van der Waals surface area contributed by atoms with Crippen LogP contribution < -0.4 is 0 Å². The largest absolute Gasteiger partial charge is 0.507 e. The van der Waals surface area contributed by atoms with Crippen molar-refractivity contribution in [3.8, 4) is 11.5 Å². The lowest BCUT2D eigenvalue weighted by atomic mass is 10.1. The molecule has 0 aromatic heterocycles. The third-order valence-electron chi connectivity index (χ3n) is 2.55. The Hall–Kier alpha value is -1.35. The molecule has 0 radical (unpaired) electrons. The molecule has 0 saturated carbocycles. The first-order valence-electron chi connectivity index (χ1n) is 5.59. The van der Waals surface area contributed by atoms with Gasteiger partial charge in [-0.15, -0.1) is 0 Å². The van der Waals surface area contributed by atoms with E-state index in [1.165, 1.54) is 0 Å². The second-order valence-electron chi connectivity index (χ2n) is 4.31. The summed E-state index contributed by atoms with van der Waals surface area (Å²) in [5.74, 6) is -1.34. The SMILES string of the molecule is O=S(=O)(Cl)Cl.O=S(=O)(O)c1cc(O)c2c(O)cc(S(=O)(=O)O)cc2c1. The van der Waals surface area contributed by atoms with Gasteiger partial charge in [0.15, 0.2) is 0 Å². The van der Waals surface area contributed by atoms with Crippen LogP contribution in [-0.4, -0.2) is 44.6 Å². The van der Waals surface area contributed by atoms with Crippen LogP contribution in [0.1, 0.15) is 0 Å². The normalized spacial score (nSPS) is 12.5. The Morgan fingerprint density at radius 2 is 0.960 bits per heavy atom. The van der Waals surface area contributed by atoms with Crippen LogP contribution in [0.2, 0.25) is 0 Å². The number of benzene rings is 2. The summed E-state index contributed by atoms with van der Waals surface area (Å²) in [6.45, 7) is 0. The van der Waals surface area contributed by atoms with Crippen LogP contribution in [0.5, 0.6) is 11.5 Å². The molecule has 2 aromatic carbocycles. The van der Waals surface area contributed by atoms with Crippen molar-refractivity contribution in [2.75, 3.05) is 0 Å². The number of hydrogen-bond donors (Lipinski definition) is 4. The standard InChI is InChI=1S/C10H8O8S2.Cl2O2S/c11-8-3-6(19(13,14)15)1-5-2-7(20(16,17)18)4-9(12)10(5)8;1-5(2,3)4/h1-4,11-12H,(H,13,14,15)(H,16,17,18);. The maximum absolute atomic E-state index is 11.0. The van der Waals surface area contributed by atoms with Crippen molar-refractivity contribution >= 4 is 60.6 Å². The van der Waals surface area contributed by atoms with Gasteiger partial charge < -0.3 is 10.2 Å². The summed E-state index contributed by atoms with van der Waals surface area (Å²) in [7, 11) is -4.45. The minimum Gasteiger partial charge on any atom is -0.507 e. The number of phenols is 2. The molecule has 0 spiro atoms. The van der Waals surface area contributed by atoms with E-state index in [0.29, 0.717) is 12.1 Å². The van der Waals surface area contributed by atoms with Crippen molar-refractivity contribution in [3.63, 3.8) is 0 Å². The molecule has 0 aliphatic heterocycles. The van der Waals surface area contributed by atoms with Crippen molar-refractivity contribution in [2.45, 2.75) is 9.79 Å². The van der Waals surface area contributed by atoms with E-state index in [0.717, 1.165) is 12.1 Å². The number of fused-ring (bicyclic) bond motifs is 1. The first-order chi connectivity index (χ1) is 11.0. The lowest BCUT2D eigenvalue weighted by molar-refractivity contribution is 0.456. The van der Waals surface area contributed by atoms with E-state index in [1.54, 1.807) is 0 Å². The maximum atomic E-state index is 11.0. The molecule has 0 amide bonds. The highest BCUT2D eigenvalue weighted by Gasteiger charge is 2.19. The van der Waals surface area contributed by atoms with Crippen LogP contribution in [0.15, 0.2) is 34.1 Å². The molecule has 0 atom stereocenters. The second kappa shape index (κ2) is 7.11. The predicted octanol–water partition coefficient (Wildman–Crippen LogP) is 1.45. The molecule has 10 nitrogen and oxygen atoms in total. The number of hydrogen-bond acceptors (Lipinski definition) is 8. The van der Waals surface area contributed by atoms with E-state index in [9.17, 15) is 27.0 Å². The van der Waals surface area contributed by atoms with Gasteiger partial charge in [-0.05, 0) is 17.5 Å². The van der Waals surface area contributed by atoms with Gasteiger partial charge in [0.25, 0.3) is 20.2 Å². The highest BCUT2D eigenvalue weighted by Crippen LogP contribution is 2.37. The van der Waals surface area contributed by atoms with Gasteiger partial charge in [0.2, 0.25) is 0 Å². The van der Waals surface area contributed by atoms with Gasteiger partial charge >= 0.3 is 8.26 Å². The highest BCUT2D eigenvalue weighted by molar-refractivity contribution is 8.31. The molecule has 25 heavy (non-hydrogen) atoms.